The molecule has 3 rings (SSSR count). The summed E-state index contributed by atoms with van der Waals surface area (Å²) >= 11 is 3.29. The number of aryl methyl sites for hydroxylation is 2. The normalized spacial score (nSPS) is 14.7. The van der Waals surface area contributed by atoms with Crippen molar-refractivity contribution in [3.05, 3.63) is 33.8 Å². The Balaban J connectivity index is 1.57. The van der Waals surface area contributed by atoms with Crippen molar-refractivity contribution in [2.45, 2.75) is 51.4 Å². The zero-order chi connectivity index (χ0) is 18.9. The Bertz CT molecular complexity index is 794. The van der Waals surface area contributed by atoms with Crippen LogP contribution in [0.1, 0.15) is 54.0 Å². The molecule has 2 aromatic heterocycles. The number of nitrogens with one attached hydrogen (secondary N) is 1. The summed E-state index contributed by atoms with van der Waals surface area (Å²) in [7, 11) is 0. The minimum absolute atomic E-state index is 0.169. The number of amides is 1. The fourth-order valence-electron chi connectivity index (χ4n) is 2.80. The zero-order valence-corrected chi connectivity index (χ0v) is 15.8. The van der Waals surface area contributed by atoms with Crippen LogP contribution < -0.4 is 5.32 Å². The Morgan fingerprint density at radius 3 is 2.73 bits per heavy atom. The molecule has 0 spiro atoms. The third-order valence-electron chi connectivity index (χ3n) is 4.24. The molecule has 10 heteroatoms. The molecule has 0 unspecified atom stereocenters. The molecule has 1 aliphatic carbocycles. The lowest BCUT2D eigenvalue weighted by molar-refractivity contribution is -0.141. The predicted octanol–water partition coefficient (Wildman–Crippen LogP) is 3.58. The summed E-state index contributed by atoms with van der Waals surface area (Å²) in [4.78, 5) is 12.3. The van der Waals surface area contributed by atoms with Gasteiger partial charge in [0.2, 0.25) is 0 Å². The molecule has 0 bridgehead atoms. The van der Waals surface area contributed by atoms with Crippen molar-refractivity contribution < 1.29 is 18.0 Å². The van der Waals surface area contributed by atoms with Crippen LogP contribution in [0.4, 0.5) is 13.2 Å². The second-order valence-electron chi connectivity index (χ2n) is 6.22. The Kier molecular flexibility index (Phi) is 5.40. The fraction of sp³-hybridized carbons (Fsp3) is 0.562. The molecule has 0 saturated heterocycles. The van der Waals surface area contributed by atoms with Crippen LogP contribution in [0.15, 0.2) is 16.7 Å². The van der Waals surface area contributed by atoms with Gasteiger partial charge in [0.1, 0.15) is 5.69 Å². The van der Waals surface area contributed by atoms with Crippen LogP contribution in [0, 0.1) is 0 Å². The summed E-state index contributed by atoms with van der Waals surface area (Å²) < 4.78 is 42.3. The summed E-state index contributed by atoms with van der Waals surface area (Å²) in [5.41, 5.74) is 0.222. The molecule has 1 saturated carbocycles. The van der Waals surface area contributed by atoms with E-state index >= 15 is 0 Å². The molecule has 1 amide bonds. The van der Waals surface area contributed by atoms with Crippen molar-refractivity contribution in [3.8, 4) is 0 Å². The standard InChI is InChI=1S/C16H19BrF3N5O/c1-2-24-14(11(17)9-22-24)15(26)21-6-3-7-25-12(10-4-5-10)8-13(23-25)16(18,19)20/h8-10H,2-7H2,1H3,(H,21,26). The van der Waals surface area contributed by atoms with E-state index in [4.69, 9.17) is 0 Å². The molecule has 0 aromatic carbocycles. The lowest BCUT2D eigenvalue weighted by Gasteiger charge is -2.09. The van der Waals surface area contributed by atoms with Crippen molar-refractivity contribution in [1.82, 2.24) is 24.9 Å². The highest BCUT2D eigenvalue weighted by atomic mass is 79.9. The topological polar surface area (TPSA) is 64.7 Å². The summed E-state index contributed by atoms with van der Waals surface area (Å²) in [6.07, 6.45) is -0.595. The molecule has 2 heterocycles. The number of alkyl halides is 3. The van der Waals surface area contributed by atoms with E-state index in [9.17, 15) is 18.0 Å². The molecule has 0 radical (unpaired) electrons. The van der Waals surface area contributed by atoms with Gasteiger partial charge in [0.15, 0.2) is 5.69 Å². The average molecular weight is 434 g/mol. The highest BCUT2D eigenvalue weighted by Crippen LogP contribution is 2.42. The van der Waals surface area contributed by atoms with Gasteiger partial charge in [0, 0.05) is 31.2 Å². The summed E-state index contributed by atoms with van der Waals surface area (Å²) in [6.45, 7) is 3.11. The SMILES string of the molecule is CCn1ncc(Br)c1C(=O)NCCCn1nc(C(F)(F)F)cc1C1CC1. The summed E-state index contributed by atoms with van der Waals surface area (Å²) in [6, 6.07) is 1.15. The van der Waals surface area contributed by atoms with Gasteiger partial charge in [-0.2, -0.15) is 23.4 Å². The first-order chi connectivity index (χ1) is 12.3. The number of hydrogen-bond donors (Lipinski definition) is 1. The summed E-state index contributed by atoms with van der Waals surface area (Å²) in [5, 5.41) is 10.6. The molecule has 1 N–H and O–H groups in total. The van der Waals surface area contributed by atoms with Crippen LogP contribution in [0.2, 0.25) is 0 Å². The second-order valence-corrected chi connectivity index (χ2v) is 7.07. The van der Waals surface area contributed by atoms with Gasteiger partial charge in [-0.3, -0.25) is 14.2 Å². The number of carbonyl (C=O) groups excluding carboxylic acids is 1. The highest BCUT2D eigenvalue weighted by Gasteiger charge is 2.37. The van der Waals surface area contributed by atoms with E-state index in [1.807, 2.05) is 6.92 Å². The molecule has 0 atom stereocenters. The highest BCUT2D eigenvalue weighted by molar-refractivity contribution is 9.10. The van der Waals surface area contributed by atoms with Crippen LogP contribution in [0.5, 0.6) is 0 Å². The number of aromatic nitrogens is 4. The van der Waals surface area contributed by atoms with Gasteiger partial charge in [0.25, 0.3) is 5.91 Å². The van der Waals surface area contributed by atoms with Gasteiger partial charge in [-0.15, -0.1) is 0 Å². The van der Waals surface area contributed by atoms with E-state index in [1.54, 1.807) is 10.9 Å². The monoisotopic (exact) mass is 433 g/mol. The van der Waals surface area contributed by atoms with E-state index in [0.717, 1.165) is 18.9 Å². The first-order valence-corrected chi connectivity index (χ1v) is 9.25. The van der Waals surface area contributed by atoms with Crippen LogP contribution in [-0.2, 0) is 19.3 Å². The smallest absolute Gasteiger partial charge is 0.351 e. The van der Waals surface area contributed by atoms with Gasteiger partial charge in [-0.05, 0) is 48.2 Å². The molecule has 2 aromatic rings. The Hall–Kier alpha value is -1.84. The number of nitrogens with zero attached hydrogens (tertiary/aromatic N) is 4. The van der Waals surface area contributed by atoms with Crippen molar-refractivity contribution >= 4 is 21.8 Å². The fourth-order valence-corrected chi connectivity index (χ4v) is 3.28. The van der Waals surface area contributed by atoms with Crippen LogP contribution in [0.3, 0.4) is 0 Å². The van der Waals surface area contributed by atoms with Gasteiger partial charge in [0.05, 0.1) is 10.7 Å². The van der Waals surface area contributed by atoms with Crippen molar-refractivity contribution in [3.63, 3.8) is 0 Å². The Morgan fingerprint density at radius 2 is 2.12 bits per heavy atom. The van der Waals surface area contributed by atoms with Crippen molar-refractivity contribution in [2.75, 3.05) is 6.54 Å². The minimum Gasteiger partial charge on any atom is -0.351 e. The largest absolute Gasteiger partial charge is 0.435 e. The molecule has 1 aliphatic rings. The second kappa shape index (κ2) is 7.42. The molecule has 1 fully saturated rings. The quantitative estimate of drug-likeness (QED) is 0.678. The maximum Gasteiger partial charge on any atom is 0.435 e. The lowest BCUT2D eigenvalue weighted by atomic mass is 10.2. The van der Waals surface area contributed by atoms with Gasteiger partial charge >= 0.3 is 6.18 Å². The number of rotatable bonds is 7. The molecular weight excluding hydrogens is 415 g/mol. The van der Waals surface area contributed by atoms with Crippen LogP contribution in [-0.4, -0.2) is 32.0 Å². The first-order valence-electron chi connectivity index (χ1n) is 8.45. The molecule has 0 aliphatic heterocycles. The number of halogens is 4. The third-order valence-corrected chi connectivity index (χ3v) is 4.82. The summed E-state index contributed by atoms with van der Waals surface area (Å²) in [5.74, 6) is -0.0989. The molecular formula is C16H19BrF3N5O. The Labute approximate surface area is 156 Å². The molecule has 6 nitrogen and oxygen atoms in total. The third kappa shape index (κ3) is 4.11. The van der Waals surface area contributed by atoms with E-state index in [2.05, 4.69) is 31.4 Å². The predicted molar refractivity (Wildman–Crippen MR) is 91.8 cm³/mol. The zero-order valence-electron chi connectivity index (χ0n) is 14.2. The van der Waals surface area contributed by atoms with Gasteiger partial charge in [-0.25, -0.2) is 0 Å². The number of carbonyl (C=O) groups is 1. The average Bonchev–Trinajstić information content (AvgIpc) is 3.21. The first kappa shape index (κ1) is 18.9. The maximum absolute atomic E-state index is 12.9. The van der Waals surface area contributed by atoms with Crippen molar-refractivity contribution in [1.29, 1.82) is 0 Å². The van der Waals surface area contributed by atoms with Crippen LogP contribution >= 0.6 is 15.9 Å². The van der Waals surface area contributed by atoms with E-state index in [1.165, 1.54) is 4.68 Å². The Morgan fingerprint density at radius 1 is 1.38 bits per heavy atom. The molecule has 26 heavy (non-hydrogen) atoms. The van der Waals surface area contributed by atoms with Crippen LogP contribution in [0.25, 0.3) is 0 Å². The molecule has 142 valence electrons. The lowest BCUT2D eigenvalue weighted by Crippen LogP contribution is -2.28. The van der Waals surface area contributed by atoms with E-state index in [-0.39, 0.29) is 11.8 Å². The number of hydrogen-bond acceptors (Lipinski definition) is 3. The maximum atomic E-state index is 12.9. The van der Waals surface area contributed by atoms with Gasteiger partial charge < -0.3 is 5.32 Å². The van der Waals surface area contributed by atoms with E-state index in [0.29, 0.717) is 41.9 Å². The van der Waals surface area contributed by atoms with Gasteiger partial charge in [-0.1, -0.05) is 0 Å². The van der Waals surface area contributed by atoms with Crippen molar-refractivity contribution in [2.24, 2.45) is 0 Å². The minimum atomic E-state index is -4.44. The van der Waals surface area contributed by atoms with E-state index < -0.39 is 11.9 Å².